The average molecular weight is 306 g/mol. The van der Waals surface area contributed by atoms with Gasteiger partial charge in [0.25, 0.3) is 5.78 Å². The van der Waals surface area contributed by atoms with Crippen LogP contribution in [-0.2, 0) is 14.3 Å². The first-order chi connectivity index (χ1) is 11.0. The van der Waals surface area contributed by atoms with Crippen molar-refractivity contribution in [3.8, 4) is 0 Å². The van der Waals surface area contributed by atoms with Gasteiger partial charge in [0.1, 0.15) is 0 Å². The highest BCUT2D eigenvalue weighted by molar-refractivity contribution is 6.11. The van der Waals surface area contributed by atoms with Crippen LogP contribution in [-0.4, -0.2) is 11.6 Å². The molecule has 1 saturated heterocycles. The van der Waals surface area contributed by atoms with Gasteiger partial charge >= 0.3 is 0 Å². The van der Waals surface area contributed by atoms with E-state index in [9.17, 15) is 4.79 Å². The normalized spacial score (nSPS) is 20.2. The number of benzene rings is 2. The molecule has 0 unspecified atom stereocenters. The highest BCUT2D eigenvalue weighted by atomic mass is 16.7. The SMILES string of the molecule is CC1(C)O/C(=C\c2ccccc2)C(=O)/C(=C\c2ccccc2)O1. The van der Waals surface area contributed by atoms with Crippen LogP contribution in [0.5, 0.6) is 0 Å². The molecule has 2 aromatic rings. The molecule has 2 aromatic carbocycles. The number of ether oxygens (including phenoxy) is 2. The molecule has 3 nitrogen and oxygen atoms in total. The van der Waals surface area contributed by atoms with Crippen molar-refractivity contribution in [1.82, 2.24) is 0 Å². The van der Waals surface area contributed by atoms with E-state index in [4.69, 9.17) is 9.47 Å². The first kappa shape index (κ1) is 15.1. The summed E-state index contributed by atoms with van der Waals surface area (Å²) in [7, 11) is 0. The van der Waals surface area contributed by atoms with Crippen LogP contribution >= 0.6 is 0 Å². The summed E-state index contributed by atoms with van der Waals surface area (Å²) in [5, 5.41) is 0. The lowest BCUT2D eigenvalue weighted by molar-refractivity contribution is -0.189. The van der Waals surface area contributed by atoms with Crippen LogP contribution in [0.25, 0.3) is 12.2 Å². The zero-order chi connectivity index (χ0) is 16.3. The fourth-order valence-corrected chi connectivity index (χ4v) is 2.36. The van der Waals surface area contributed by atoms with Crippen LogP contribution in [0, 0.1) is 0 Å². The number of Topliss-reactive ketones (excluding diaryl/α,β-unsaturated/α-hetero) is 1. The second kappa shape index (κ2) is 6.13. The van der Waals surface area contributed by atoms with Crippen molar-refractivity contribution < 1.29 is 14.3 Å². The van der Waals surface area contributed by atoms with Crippen molar-refractivity contribution in [1.29, 1.82) is 0 Å². The molecular weight excluding hydrogens is 288 g/mol. The minimum Gasteiger partial charge on any atom is -0.449 e. The molecular formula is C20H18O3. The van der Waals surface area contributed by atoms with Gasteiger partial charge in [-0.1, -0.05) is 60.7 Å². The maximum atomic E-state index is 12.6. The third-order valence-electron chi connectivity index (χ3n) is 3.35. The van der Waals surface area contributed by atoms with Gasteiger partial charge in [0.2, 0.25) is 5.79 Å². The molecule has 3 rings (SSSR count). The molecule has 0 N–H and O–H groups in total. The van der Waals surface area contributed by atoms with E-state index in [2.05, 4.69) is 0 Å². The molecule has 116 valence electrons. The summed E-state index contributed by atoms with van der Waals surface area (Å²) in [4.78, 5) is 12.6. The monoisotopic (exact) mass is 306 g/mol. The molecule has 0 aromatic heterocycles. The minimum absolute atomic E-state index is 0.253. The van der Waals surface area contributed by atoms with E-state index in [1.165, 1.54) is 0 Å². The van der Waals surface area contributed by atoms with Crippen molar-refractivity contribution in [2.45, 2.75) is 19.6 Å². The van der Waals surface area contributed by atoms with Crippen LogP contribution in [0.3, 0.4) is 0 Å². The van der Waals surface area contributed by atoms with Gasteiger partial charge < -0.3 is 9.47 Å². The molecule has 0 radical (unpaired) electrons. The summed E-state index contributed by atoms with van der Waals surface area (Å²) < 4.78 is 11.4. The Hall–Kier alpha value is -2.81. The zero-order valence-corrected chi connectivity index (χ0v) is 13.2. The van der Waals surface area contributed by atoms with Crippen molar-refractivity contribution in [3.05, 3.63) is 83.3 Å². The Morgan fingerprint density at radius 1 is 0.739 bits per heavy atom. The number of hydrogen-bond acceptors (Lipinski definition) is 3. The number of ketones is 1. The quantitative estimate of drug-likeness (QED) is 0.770. The maximum Gasteiger partial charge on any atom is 0.262 e. The van der Waals surface area contributed by atoms with Gasteiger partial charge in [-0.05, 0) is 23.3 Å². The third-order valence-corrected chi connectivity index (χ3v) is 3.35. The topological polar surface area (TPSA) is 35.5 Å². The molecule has 0 amide bonds. The molecule has 0 saturated carbocycles. The summed E-state index contributed by atoms with van der Waals surface area (Å²) in [5.74, 6) is -0.573. The molecule has 1 heterocycles. The van der Waals surface area contributed by atoms with E-state index in [0.29, 0.717) is 0 Å². The molecule has 0 aliphatic carbocycles. The molecule has 1 aliphatic rings. The minimum atomic E-state index is -0.894. The zero-order valence-electron chi connectivity index (χ0n) is 13.2. The Balaban J connectivity index is 1.98. The fourth-order valence-electron chi connectivity index (χ4n) is 2.36. The smallest absolute Gasteiger partial charge is 0.262 e. The van der Waals surface area contributed by atoms with E-state index in [1.54, 1.807) is 26.0 Å². The van der Waals surface area contributed by atoms with Crippen LogP contribution in [0.15, 0.2) is 72.2 Å². The Kier molecular flexibility index (Phi) is 4.02. The lowest BCUT2D eigenvalue weighted by atomic mass is 10.1. The molecule has 0 bridgehead atoms. The second-order valence-corrected chi connectivity index (χ2v) is 5.77. The summed E-state index contributed by atoms with van der Waals surface area (Å²) >= 11 is 0. The standard InChI is InChI=1S/C20H18O3/c1-20(2)22-17(13-15-9-5-3-6-10-15)19(21)18(23-20)14-16-11-7-4-8-12-16/h3-14H,1-2H3/b17-13-,18-14+. The van der Waals surface area contributed by atoms with Gasteiger partial charge in [0, 0.05) is 13.8 Å². The second-order valence-electron chi connectivity index (χ2n) is 5.77. The van der Waals surface area contributed by atoms with Crippen molar-refractivity contribution in [3.63, 3.8) is 0 Å². The Labute approximate surface area is 135 Å². The first-order valence-corrected chi connectivity index (χ1v) is 7.50. The van der Waals surface area contributed by atoms with E-state index < -0.39 is 5.79 Å². The molecule has 23 heavy (non-hydrogen) atoms. The highest BCUT2D eigenvalue weighted by Crippen LogP contribution is 2.31. The largest absolute Gasteiger partial charge is 0.449 e. The lowest BCUT2D eigenvalue weighted by Crippen LogP contribution is -2.36. The van der Waals surface area contributed by atoms with Gasteiger partial charge in [-0.3, -0.25) is 4.79 Å². The summed E-state index contributed by atoms with van der Waals surface area (Å²) in [6.07, 6.45) is 3.48. The Bertz CT molecular complexity index is 692. The summed E-state index contributed by atoms with van der Waals surface area (Å²) in [6, 6.07) is 19.2. The average Bonchev–Trinajstić information content (AvgIpc) is 2.53. The van der Waals surface area contributed by atoms with E-state index in [1.807, 2.05) is 60.7 Å². The van der Waals surface area contributed by atoms with Crippen molar-refractivity contribution >= 4 is 17.9 Å². The van der Waals surface area contributed by atoms with Gasteiger partial charge in [0.05, 0.1) is 0 Å². The molecule has 1 aliphatic heterocycles. The van der Waals surface area contributed by atoms with Crippen molar-refractivity contribution in [2.24, 2.45) is 0 Å². The van der Waals surface area contributed by atoms with Crippen LogP contribution < -0.4 is 0 Å². The number of hydrogen-bond donors (Lipinski definition) is 0. The number of carbonyl (C=O) groups is 1. The maximum absolute atomic E-state index is 12.6. The van der Waals surface area contributed by atoms with E-state index in [-0.39, 0.29) is 17.3 Å². The number of carbonyl (C=O) groups excluding carboxylic acids is 1. The molecule has 1 fully saturated rings. The van der Waals surface area contributed by atoms with Gasteiger partial charge in [0.15, 0.2) is 11.5 Å². The van der Waals surface area contributed by atoms with Gasteiger partial charge in [-0.2, -0.15) is 0 Å². The Morgan fingerprint density at radius 2 is 1.13 bits per heavy atom. The first-order valence-electron chi connectivity index (χ1n) is 7.50. The molecule has 3 heteroatoms. The van der Waals surface area contributed by atoms with Crippen molar-refractivity contribution in [2.75, 3.05) is 0 Å². The summed E-state index contributed by atoms with van der Waals surface area (Å²) in [6.45, 7) is 3.58. The predicted octanol–water partition coefficient (Wildman–Crippen LogP) is 4.42. The van der Waals surface area contributed by atoms with Gasteiger partial charge in [-0.15, -0.1) is 0 Å². The van der Waals surface area contributed by atoms with Crippen LogP contribution in [0.2, 0.25) is 0 Å². The summed E-state index contributed by atoms with van der Waals surface area (Å²) in [5.41, 5.74) is 1.82. The number of rotatable bonds is 2. The molecule has 0 atom stereocenters. The van der Waals surface area contributed by atoms with E-state index >= 15 is 0 Å². The van der Waals surface area contributed by atoms with Crippen LogP contribution in [0.4, 0.5) is 0 Å². The van der Waals surface area contributed by atoms with Gasteiger partial charge in [-0.25, -0.2) is 0 Å². The van der Waals surface area contributed by atoms with E-state index in [0.717, 1.165) is 11.1 Å². The van der Waals surface area contributed by atoms with Crippen LogP contribution in [0.1, 0.15) is 25.0 Å². The highest BCUT2D eigenvalue weighted by Gasteiger charge is 2.36. The third kappa shape index (κ3) is 3.69. The lowest BCUT2D eigenvalue weighted by Gasteiger charge is -2.33. The fraction of sp³-hybridized carbons (Fsp3) is 0.150. The Morgan fingerprint density at radius 3 is 1.52 bits per heavy atom. The molecule has 0 spiro atoms. The predicted molar refractivity (Wildman–Crippen MR) is 90.1 cm³/mol.